The van der Waals surface area contributed by atoms with E-state index in [2.05, 4.69) is 26.2 Å². The summed E-state index contributed by atoms with van der Waals surface area (Å²) < 4.78 is 13.8. The molecule has 0 atom stereocenters. The zero-order chi connectivity index (χ0) is 12.6. The van der Waals surface area contributed by atoms with Crippen molar-refractivity contribution in [3.05, 3.63) is 34.2 Å². The van der Waals surface area contributed by atoms with Crippen molar-refractivity contribution >= 4 is 32.7 Å². The number of H-pyrrole nitrogens is 1. The third-order valence-corrected chi connectivity index (χ3v) is 2.93. The highest BCUT2D eigenvalue weighted by Crippen LogP contribution is 2.25. The number of amides is 1. The molecular weight excluding hydrogens is 287 g/mol. The van der Waals surface area contributed by atoms with Gasteiger partial charge >= 0.3 is 0 Å². The highest BCUT2D eigenvalue weighted by Gasteiger charge is 2.12. The molecule has 90 valence electrons. The molecule has 1 heterocycles. The normalized spacial score (nSPS) is 11.1. The van der Waals surface area contributed by atoms with Crippen LogP contribution in [0.2, 0.25) is 0 Å². The number of rotatable bonds is 2. The molecular formula is C12H12BrFN2O. The minimum Gasteiger partial charge on any atom is -0.350 e. The van der Waals surface area contributed by atoms with Crippen LogP contribution < -0.4 is 5.32 Å². The fourth-order valence-corrected chi connectivity index (χ4v) is 2.17. The second kappa shape index (κ2) is 4.49. The van der Waals surface area contributed by atoms with Crippen molar-refractivity contribution in [2.24, 2.45) is 0 Å². The lowest BCUT2D eigenvalue weighted by atomic mass is 10.2. The molecule has 3 nitrogen and oxygen atoms in total. The van der Waals surface area contributed by atoms with Crippen molar-refractivity contribution in [3.63, 3.8) is 0 Å². The summed E-state index contributed by atoms with van der Waals surface area (Å²) >= 11 is 3.26. The quantitative estimate of drug-likeness (QED) is 0.878. The highest BCUT2D eigenvalue weighted by molar-refractivity contribution is 9.10. The standard InChI is InChI=1S/C12H12BrFN2O/c1-6(2)15-12(17)10-4-7-3-8(14)5-9(13)11(7)16-10/h3-6,16H,1-2H3,(H,15,17). The topological polar surface area (TPSA) is 44.9 Å². The number of nitrogens with one attached hydrogen (secondary N) is 2. The number of fused-ring (bicyclic) bond motifs is 1. The number of carbonyl (C=O) groups excluding carboxylic acids is 1. The number of aromatic nitrogens is 1. The summed E-state index contributed by atoms with van der Waals surface area (Å²) in [5.41, 5.74) is 1.15. The van der Waals surface area contributed by atoms with E-state index in [0.717, 1.165) is 5.52 Å². The molecule has 0 saturated heterocycles. The molecule has 2 aromatic rings. The smallest absolute Gasteiger partial charge is 0.267 e. The molecule has 0 fully saturated rings. The maximum absolute atomic E-state index is 13.2. The Morgan fingerprint density at radius 3 is 2.76 bits per heavy atom. The van der Waals surface area contributed by atoms with Gasteiger partial charge in [0.1, 0.15) is 11.5 Å². The Balaban J connectivity index is 2.44. The van der Waals surface area contributed by atoms with Gasteiger partial charge in [-0.1, -0.05) is 0 Å². The third-order valence-electron chi connectivity index (χ3n) is 2.31. The van der Waals surface area contributed by atoms with Crippen LogP contribution in [0.25, 0.3) is 10.9 Å². The third kappa shape index (κ3) is 2.49. The number of benzene rings is 1. The van der Waals surface area contributed by atoms with E-state index < -0.39 is 0 Å². The number of carbonyl (C=O) groups is 1. The summed E-state index contributed by atoms with van der Waals surface area (Å²) in [7, 11) is 0. The molecule has 1 amide bonds. The molecule has 0 aliphatic carbocycles. The average molecular weight is 299 g/mol. The lowest BCUT2D eigenvalue weighted by Crippen LogP contribution is -2.30. The molecule has 0 saturated carbocycles. The van der Waals surface area contributed by atoms with Crippen LogP contribution in [0.1, 0.15) is 24.3 Å². The van der Waals surface area contributed by atoms with Gasteiger partial charge in [-0.05, 0) is 48.0 Å². The van der Waals surface area contributed by atoms with Gasteiger partial charge in [-0.3, -0.25) is 4.79 Å². The predicted molar refractivity (Wildman–Crippen MR) is 68.6 cm³/mol. The number of halogens is 2. The first-order valence-corrected chi connectivity index (χ1v) is 6.05. The molecule has 1 aromatic heterocycles. The van der Waals surface area contributed by atoms with Crippen molar-refractivity contribution in [1.82, 2.24) is 10.3 Å². The highest BCUT2D eigenvalue weighted by atomic mass is 79.9. The van der Waals surface area contributed by atoms with E-state index in [1.54, 1.807) is 6.07 Å². The fraction of sp³-hybridized carbons (Fsp3) is 0.250. The van der Waals surface area contributed by atoms with E-state index in [1.807, 2.05) is 13.8 Å². The minimum atomic E-state index is -0.334. The molecule has 1 aromatic carbocycles. The fourth-order valence-electron chi connectivity index (χ4n) is 1.63. The van der Waals surface area contributed by atoms with Crippen LogP contribution >= 0.6 is 15.9 Å². The van der Waals surface area contributed by atoms with Crippen LogP contribution in [-0.2, 0) is 0 Å². The zero-order valence-electron chi connectivity index (χ0n) is 9.47. The molecule has 0 unspecified atom stereocenters. The Morgan fingerprint density at radius 1 is 1.41 bits per heavy atom. The molecule has 2 rings (SSSR count). The van der Waals surface area contributed by atoms with E-state index in [-0.39, 0.29) is 17.8 Å². The first-order valence-electron chi connectivity index (χ1n) is 5.26. The molecule has 0 aliphatic rings. The Bertz CT molecular complexity index is 577. The molecule has 0 bridgehead atoms. The average Bonchev–Trinajstić information content (AvgIpc) is 2.60. The summed E-state index contributed by atoms with van der Waals surface area (Å²) in [6.07, 6.45) is 0. The van der Waals surface area contributed by atoms with Crippen LogP contribution in [-0.4, -0.2) is 16.9 Å². The van der Waals surface area contributed by atoms with Crippen LogP contribution in [0.4, 0.5) is 4.39 Å². The van der Waals surface area contributed by atoms with Crippen molar-refractivity contribution in [3.8, 4) is 0 Å². The maximum Gasteiger partial charge on any atom is 0.267 e. The molecule has 0 aliphatic heterocycles. The molecule has 0 spiro atoms. The second-order valence-electron chi connectivity index (χ2n) is 4.16. The first kappa shape index (κ1) is 12.1. The van der Waals surface area contributed by atoms with E-state index in [9.17, 15) is 9.18 Å². The lowest BCUT2D eigenvalue weighted by molar-refractivity contribution is 0.0939. The monoisotopic (exact) mass is 298 g/mol. The number of hydrogen-bond donors (Lipinski definition) is 2. The first-order chi connectivity index (χ1) is 7.97. The maximum atomic E-state index is 13.2. The molecule has 2 N–H and O–H groups in total. The summed E-state index contributed by atoms with van der Waals surface area (Å²) in [5, 5.41) is 3.45. The predicted octanol–water partition coefficient (Wildman–Crippen LogP) is 3.21. The Kier molecular flexibility index (Phi) is 3.19. The van der Waals surface area contributed by atoms with Crippen LogP contribution in [0.5, 0.6) is 0 Å². The van der Waals surface area contributed by atoms with Crippen molar-refractivity contribution < 1.29 is 9.18 Å². The van der Waals surface area contributed by atoms with Crippen molar-refractivity contribution in [1.29, 1.82) is 0 Å². The van der Waals surface area contributed by atoms with Crippen LogP contribution in [0.15, 0.2) is 22.7 Å². The number of hydrogen-bond acceptors (Lipinski definition) is 1. The van der Waals surface area contributed by atoms with Gasteiger partial charge in [-0.25, -0.2) is 4.39 Å². The summed E-state index contributed by atoms with van der Waals surface area (Å²) in [4.78, 5) is 14.7. The van der Waals surface area contributed by atoms with Gasteiger partial charge in [0.15, 0.2) is 0 Å². The summed E-state index contributed by atoms with van der Waals surface area (Å²) in [6, 6.07) is 4.46. The SMILES string of the molecule is CC(C)NC(=O)c1cc2cc(F)cc(Br)c2[nH]1. The molecule has 17 heavy (non-hydrogen) atoms. The van der Waals surface area contributed by atoms with Gasteiger partial charge in [0, 0.05) is 15.9 Å². The van der Waals surface area contributed by atoms with Crippen LogP contribution in [0, 0.1) is 5.82 Å². The molecule has 0 radical (unpaired) electrons. The Hall–Kier alpha value is -1.36. The van der Waals surface area contributed by atoms with E-state index in [4.69, 9.17) is 0 Å². The van der Waals surface area contributed by atoms with E-state index in [1.165, 1.54) is 12.1 Å². The lowest BCUT2D eigenvalue weighted by Gasteiger charge is -2.05. The van der Waals surface area contributed by atoms with Crippen LogP contribution in [0.3, 0.4) is 0 Å². The van der Waals surface area contributed by atoms with Gasteiger partial charge in [-0.15, -0.1) is 0 Å². The van der Waals surface area contributed by atoms with Gasteiger partial charge in [0.25, 0.3) is 5.91 Å². The zero-order valence-corrected chi connectivity index (χ0v) is 11.1. The van der Waals surface area contributed by atoms with Gasteiger partial charge < -0.3 is 10.3 Å². The number of aromatic amines is 1. The van der Waals surface area contributed by atoms with Crippen molar-refractivity contribution in [2.75, 3.05) is 0 Å². The van der Waals surface area contributed by atoms with Gasteiger partial charge in [0.05, 0.1) is 5.52 Å². The van der Waals surface area contributed by atoms with E-state index in [0.29, 0.717) is 15.6 Å². The van der Waals surface area contributed by atoms with Crippen molar-refractivity contribution in [2.45, 2.75) is 19.9 Å². The summed E-state index contributed by atoms with van der Waals surface area (Å²) in [5.74, 6) is -0.525. The van der Waals surface area contributed by atoms with E-state index >= 15 is 0 Å². The summed E-state index contributed by atoms with van der Waals surface area (Å²) in [6.45, 7) is 3.77. The van der Waals surface area contributed by atoms with Gasteiger partial charge in [0.2, 0.25) is 0 Å². The molecule has 5 heteroatoms. The largest absolute Gasteiger partial charge is 0.350 e. The minimum absolute atomic E-state index is 0.0640. The Labute approximate surface area is 107 Å². The van der Waals surface area contributed by atoms with Gasteiger partial charge in [-0.2, -0.15) is 0 Å². The second-order valence-corrected chi connectivity index (χ2v) is 5.02. The Morgan fingerprint density at radius 2 is 2.12 bits per heavy atom.